The van der Waals surface area contributed by atoms with Gasteiger partial charge in [-0.2, -0.15) is 0 Å². The largest absolute Gasteiger partial charge is 0.496 e. The zero-order valence-corrected chi connectivity index (χ0v) is 23.0. The minimum atomic E-state index is -0.933. The Bertz CT molecular complexity index is 1770. The summed E-state index contributed by atoms with van der Waals surface area (Å²) in [5.41, 5.74) is 5.54. The van der Waals surface area contributed by atoms with Gasteiger partial charge in [-0.25, -0.2) is 9.03 Å². The Morgan fingerprint density at radius 2 is 1.70 bits per heavy atom. The van der Waals surface area contributed by atoms with Crippen LogP contribution in [0.4, 0.5) is 0 Å². The van der Waals surface area contributed by atoms with Gasteiger partial charge in [-0.1, -0.05) is 32.9 Å². The van der Waals surface area contributed by atoms with E-state index in [0.717, 1.165) is 22.5 Å². The number of H-pyrrole nitrogens is 2. The summed E-state index contributed by atoms with van der Waals surface area (Å²) in [6.45, 7) is 8.47. The first-order valence-corrected chi connectivity index (χ1v) is 13.1. The number of aliphatic hydroxyl groups is 1. The Kier molecular flexibility index (Phi) is 6.35. The molecule has 206 valence electrons. The zero-order valence-electron chi connectivity index (χ0n) is 23.0. The smallest absolute Gasteiger partial charge is 0.201 e. The highest BCUT2D eigenvalue weighted by atomic mass is 16.5. The van der Waals surface area contributed by atoms with Gasteiger partial charge in [0.15, 0.2) is 17.1 Å². The van der Waals surface area contributed by atoms with Gasteiger partial charge in [0.2, 0.25) is 5.82 Å². The second-order valence-corrected chi connectivity index (χ2v) is 11.0. The quantitative estimate of drug-likeness (QED) is 0.214. The number of nitrogens with one attached hydrogen (secondary N) is 3. The molecule has 0 fully saturated rings. The Balaban J connectivity index is 1.21. The first-order chi connectivity index (χ1) is 19.2. The van der Waals surface area contributed by atoms with Crippen LogP contribution in [0.1, 0.15) is 50.9 Å². The van der Waals surface area contributed by atoms with Crippen LogP contribution in [0.2, 0.25) is 0 Å². The third-order valence-electron chi connectivity index (χ3n) is 6.89. The molecule has 0 amide bonds. The van der Waals surface area contributed by atoms with Crippen LogP contribution >= 0.6 is 0 Å². The van der Waals surface area contributed by atoms with Crippen molar-refractivity contribution in [2.75, 3.05) is 7.11 Å². The Labute approximate surface area is 230 Å². The van der Waals surface area contributed by atoms with E-state index < -0.39 is 6.23 Å². The average Bonchev–Trinajstić information content (AvgIpc) is 3.69. The summed E-state index contributed by atoms with van der Waals surface area (Å²) < 4.78 is 9.27. The van der Waals surface area contributed by atoms with Gasteiger partial charge in [0.1, 0.15) is 17.7 Å². The van der Waals surface area contributed by atoms with E-state index in [0.29, 0.717) is 40.9 Å². The summed E-state index contributed by atoms with van der Waals surface area (Å²) in [6, 6.07) is 15.4. The summed E-state index contributed by atoms with van der Waals surface area (Å²) in [4.78, 5) is 4.34. The standard InChI is InChI=1S/C28H32N10O2/c1-16(30-27(39)20-14-23-31-34-26(38(23)35-20)19-8-6-7-11-29-19)12-17-9-10-21(40-5)18(13-17)25-33-32-24-15-22(28(2,3)4)36-37(24)25/h6-11,13-16,27,30,35-36,39H,12H2,1-5H3. The SMILES string of the molecule is COc1ccc(CC(C)NC(O)c2cc3nnc(-c4ccccn4)n3[nH]2)cc1-c1nnc2cc(C(C)(C)C)[nH]n12. The third kappa shape index (κ3) is 4.71. The Hall–Kier alpha value is -4.55. The topological polar surface area (TPSA) is 146 Å². The molecule has 0 spiro atoms. The molecule has 0 saturated carbocycles. The predicted molar refractivity (Wildman–Crippen MR) is 150 cm³/mol. The first-order valence-electron chi connectivity index (χ1n) is 13.1. The van der Waals surface area contributed by atoms with Gasteiger partial charge in [-0.3, -0.25) is 20.5 Å². The van der Waals surface area contributed by atoms with E-state index in [2.05, 4.69) is 67.7 Å². The molecule has 6 aromatic rings. The molecule has 0 aliphatic heterocycles. The van der Waals surface area contributed by atoms with E-state index in [-0.39, 0.29) is 11.5 Å². The van der Waals surface area contributed by atoms with Crippen LogP contribution in [-0.4, -0.2) is 62.9 Å². The van der Waals surface area contributed by atoms with Gasteiger partial charge < -0.3 is 9.84 Å². The molecule has 2 unspecified atom stereocenters. The van der Waals surface area contributed by atoms with Gasteiger partial charge in [0.25, 0.3) is 0 Å². The number of hydrogen-bond donors (Lipinski definition) is 4. The number of rotatable bonds is 8. The molecule has 0 aliphatic rings. The number of hydrogen-bond acceptors (Lipinski definition) is 8. The summed E-state index contributed by atoms with van der Waals surface area (Å²) in [7, 11) is 1.65. The van der Waals surface area contributed by atoms with Crippen LogP contribution in [0.5, 0.6) is 5.75 Å². The van der Waals surface area contributed by atoms with Crippen LogP contribution in [0.25, 0.3) is 34.2 Å². The van der Waals surface area contributed by atoms with Crippen LogP contribution in [-0.2, 0) is 11.8 Å². The molecule has 0 radical (unpaired) electrons. The Morgan fingerprint density at radius 1 is 0.950 bits per heavy atom. The van der Waals surface area contributed by atoms with Crippen molar-refractivity contribution < 1.29 is 9.84 Å². The van der Waals surface area contributed by atoms with Crippen LogP contribution in [0.3, 0.4) is 0 Å². The van der Waals surface area contributed by atoms with Crippen LogP contribution < -0.4 is 10.1 Å². The number of pyridine rings is 1. The van der Waals surface area contributed by atoms with Crippen LogP contribution in [0, 0.1) is 0 Å². The lowest BCUT2D eigenvalue weighted by atomic mass is 9.93. The minimum absolute atomic E-state index is 0.0511. The predicted octanol–water partition coefficient (Wildman–Crippen LogP) is 3.68. The van der Waals surface area contributed by atoms with Crippen molar-refractivity contribution in [1.82, 2.24) is 49.9 Å². The van der Waals surface area contributed by atoms with E-state index in [9.17, 15) is 5.11 Å². The lowest BCUT2D eigenvalue weighted by molar-refractivity contribution is 0.121. The highest BCUT2D eigenvalue weighted by Crippen LogP contribution is 2.32. The number of benzene rings is 1. The molecule has 40 heavy (non-hydrogen) atoms. The van der Waals surface area contributed by atoms with Crippen molar-refractivity contribution in [3.05, 3.63) is 71.7 Å². The average molecular weight is 541 g/mol. The number of aromatic amines is 2. The summed E-state index contributed by atoms with van der Waals surface area (Å²) in [5.74, 6) is 1.96. The summed E-state index contributed by atoms with van der Waals surface area (Å²) in [6.07, 6.45) is 1.43. The van der Waals surface area contributed by atoms with Gasteiger partial charge in [-0.05, 0) is 43.2 Å². The maximum Gasteiger partial charge on any atom is 0.201 e. The second kappa shape index (κ2) is 9.88. The molecule has 6 rings (SSSR count). The molecular weight excluding hydrogens is 508 g/mol. The Morgan fingerprint density at radius 3 is 2.42 bits per heavy atom. The maximum absolute atomic E-state index is 11.0. The van der Waals surface area contributed by atoms with Crippen molar-refractivity contribution in [3.8, 4) is 28.7 Å². The van der Waals surface area contributed by atoms with E-state index in [4.69, 9.17) is 4.74 Å². The highest BCUT2D eigenvalue weighted by molar-refractivity contribution is 5.67. The molecule has 0 bridgehead atoms. The molecule has 4 N–H and O–H groups in total. The number of ether oxygens (including phenoxy) is 1. The third-order valence-corrected chi connectivity index (χ3v) is 6.89. The van der Waals surface area contributed by atoms with E-state index in [1.165, 1.54) is 0 Å². The van der Waals surface area contributed by atoms with Crippen molar-refractivity contribution in [2.24, 2.45) is 0 Å². The fourth-order valence-corrected chi connectivity index (χ4v) is 4.77. The van der Waals surface area contributed by atoms with Crippen molar-refractivity contribution in [2.45, 2.75) is 51.8 Å². The lowest BCUT2D eigenvalue weighted by Gasteiger charge is -2.19. The maximum atomic E-state index is 11.0. The van der Waals surface area contributed by atoms with Crippen molar-refractivity contribution >= 4 is 11.3 Å². The molecule has 12 heteroatoms. The lowest BCUT2D eigenvalue weighted by Crippen LogP contribution is -2.32. The molecule has 2 atom stereocenters. The minimum Gasteiger partial charge on any atom is -0.496 e. The molecular formula is C28H32N10O2. The second-order valence-electron chi connectivity index (χ2n) is 11.0. The van der Waals surface area contributed by atoms with E-state index in [1.54, 1.807) is 23.9 Å². The van der Waals surface area contributed by atoms with Crippen molar-refractivity contribution in [3.63, 3.8) is 0 Å². The molecule has 5 heterocycles. The van der Waals surface area contributed by atoms with E-state index >= 15 is 0 Å². The number of aliphatic hydroxyl groups excluding tert-OH is 1. The van der Waals surface area contributed by atoms with E-state index in [1.807, 2.05) is 47.8 Å². The summed E-state index contributed by atoms with van der Waals surface area (Å²) in [5, 5.41) is 38.1. The number of aromatic nitrogens is 9. The fraction of sp³-hybridized carbons (Fsp3) is 0.321. The molecule has 5 aromatic heterocycles. The van der Waals surface area contributed by atoms with Crippen molar-refractivity contribution in [1.29, 1.82) is 0 Å². The fourth-order valence-electron chi connectivity index (χ4n) is 4.77. The van der Waals surface area contributed by atoms with Crippen LogP contribution in [0.15, 0.2) is 54.7 Å². The normalized spacial score (nSPS) is 13.8. The number of fused-ring (bicyclic) bond motifs is 2. The van der Waals surface area contributed by atoms with Gasteiger partial charge in [-0.15, -0.1) is 20.4 Å². The molecule has 0 saturated heterocycles. The van der Waals surface area contributed by atoms with Gasteiger partial charge in [0, 0.05) is 35.5 Å². The summed E-state index contributed by atoms with van der Waals surface area (Å²) >= 11 is 0. The molecule has 1 aromatic carbocycles. The monoisotopic (exact) mass is 540 g/mol. The van der Waals surface area contributed by atoms with Gasteiger partial charge in [0.05, 0.1) is 18.4 Å². The highest BCUT2D eigenvalue weighted by Gasteiger charge is 2.22. The molecule has 12 nitrogen and oxygen atoms in total. The number of methoxy groups -OCH3 is 1. The first kappa shape index (κ1) is 25.7. The molecule has 0 aliphatic carbocycles. The zero-order chi connectivity index (χ0) is 28.0. The van der Waals surface area contributed by atoms with Gasteiger partial charge >= 0.3 is 0 Å². The number of nitrogens with zero attached hydrogens (tertiary/aromatic N) is 7.